The van der Waals surface area contributed by atoms with Crippen LogP contribution in [0.3, 0.4) is 0 Å². The largest absolute Gasteiger partial charge is 0.377 e. The Labute approximate surface area is 102 Å². The number of anilines is 1. The maximum atomic E-state index is 5.41. The molecule has 1 aromatic heterocycles. The van der Waals surface area contributed by atoms with Gasteiger partial charge in [0, 0.05) is 13.1 Å². The Bertz CT molecular complexity index is 341. The second kappa shape index (κ2) is 5.93. The van der Waals surface area contributed by atoms with Crippen LogP contribution in [0.4, 0.5) is 5.82 Å². The van der Waals surface area contributed by atoms with Crippen molar-refractivity contribution in [1.82, 2.24) is 15.3 Å². The summed E-state index contributed by atoms with van der Waals surface area (Å²) in [6, 6.07) is 0.373. The molecule has 2 heterocycles. The average Bonchev–Trinajstić information content (AvgIpc) is 2.38. The van der Waals surface area contributed by atoms with E-state index in [0.717, 1.165) is 44.4 Å². The fourth-order valence-corrected chi connectivity index (χ4v) is 1.91. The standard InChI is InChI=1S/C12H20N4O/c1-3-13-6-11-7-15-12(8-14-11)16-4-5-17-9-10(16)2/h7-8,10,13H,3-6,9H2,1-2H3. The summed E-state index contributed by atoms with van der Waals surface area (Å²) in [4.78, 5) is 11.1. The van der Waals surface area contributed by atoms with E-state index in [1.165, 1.54) is 0 Å². The Balaban J connectivity index is 2.01. The van der Waals surface area contributed by atoms with E-state index in [1.54, 1.807) is 0 Å². The van der Waals surface area contributed by atoms with Gasteiger partial charge in [0.05, 0.1) is 37.3 Å². The fraction of sp³-hybridized carbons (Fsp3) is 0.667. The van der Waals surface area contributed by atoms with Gasteiger partial charge in [-0.15, -0.1) is 0 Å². The van der Waals surface area contributed by atoms with Gasteiger partial charge >= 0.3 is 0 Å². The Morgan fingerprint density at radius 3 is 3.00 bits per heavy atom. The normalized spacial score (nSPS) is 20.6. The highest BCUT2D eigenvalue weighted by molar-refractivity contribution is 5.37. The number of nitrogens with one attached hydrogen (secondary N) is 1. The number of nitrogens with zero attached hydrogens (tertiary/aromatic N) is 3. The Morgan fingerprint density at radius 2 is 2.35 bits per heavy atom. The van der Waals surface area contributed by atoms with E-state index in [9.17, 15) is 0 Å². The van der Waals surface area contributed by atoms with E-state index in [-0.39, 0.29) is 0 Å². The molecule has 94 valence electrons. The lowest BCUT2D eigenvalue weighted by atomic mass is 10.2. The molecule has 0 saturated carbocycles. The summed E-state index contributed by atoms with van der Waals surface area (Å²) >= 11 is 0. The molecule has 1 unspecified atom stereocenters. The first-order chi connectivity index (χ1) is 8.31. The van der Waals surface area contributed by atoms with Crippen molar-refractivity contribution < 1.29 is 4.74 Å². The molecule has 1 atom stereocenters. The van der Waals surface area contributed by atoms with Crippen LogP contribution in [-0.2, 0) is 11.3 Å². The zero-order valence-electron chi connectivity index (χ0n) is 10.5. The van der Waals surface area contributed by atoms with Crippen LogP contribution in [0.15, 0.2) is 12.4 Å². The molecule has 0 spiro atoms. The molecule has 17 heavy (non-hydrogen) atoms. The van der Waals surface area contributed by atoms with Crippen LogP contribution in [-0.4, -0.2) is 42.3 Å². The fourth-order valence-electron chi connectivity index (χ4n) is 1.91. The number of hydrogen-bond donors (Lipinski definition) is 1. The van der Waals surface area contributed by atoms with E-state index >= 15 is 0 Å². The molecule has 0 amide bonds. The lowest BCUT2D eigenvalue weighted by molar-refractivity contribution is 0.0985. The van der Waals surface area contributed by atoms with Crippen molar-refractivity contribution in [1.29, 1.82) is 0 Å². The number of ether oxygens (including phenoxy) is 1. The van der Waals surface area contributed by atoms with Crippen LogP contribution in [0, 0.1) is 0 Å². The maximum Gasteiger partial charge on any atom is 0.147 e. The summed E-state index contributed by atoms with van der Waals surface area (Å²) in [5, 5.41) is 3.24. The molecule has 0 radical (unpaired) electrons. The second-order valence-corrected chi connectivity index (χ2v) is 4.26. The van der Waals surface area contributed by atoms with Crippen LogP contribution in [0.2, 0.25) is 0 Å². The summed E-state index contributed by atoms with van der Waals surface area (Å²) in [7, 11) is 0. The minimum Gasteiger partial charge on any atom is -0.377 e. The molecule has 2 rings (SSSR count). The first-order valence-corrected chi connectivity index (χ1v) is 6.17. The molecule has 1 N–H and O–H groups in total. The van der Waals surface area contributed by atoms with Crippen molar-refractivity contribution >= 4 is 5.82 Å². The van der Waals surface area contributed by atoms with Crippen LogP contribution in [0.5, 0.6) is 0 Å². The Hall–Kier alpha value is -1.20. The van der Waals surface area contributed by atoms with Crippen LogP contribution in [0.1, 0.15) is 19.5 Å². The predicted octanol–water partition coefficient (Wildman–Crippen LogP) is 0.811. The van der Waals surface area contributed by atoms with Crippen molar-refractivity contribution in [3.8, 4) is 0 Å². The zero-order chi connectivity index (χ0) is 12.1. The summed E-state index contributed by atoms with van der Waals surface area (Å²) in [6.07, 6.45) is 3.70. The third-order valence-corrected chi connectivity index (χ3v) is 2.91. The molecule has 0 aliphatic carbocycles. The first kappa shape index (κ1) is 12.3. The highest BCUT2D eigenvalue weighted by Gasteiger charge is 2.20. The summed E-state index contributed by atoms with van der Waals surface area (Å²) < 4.78 is 5.41. The highest BCUT2D eigenvalue weighted by atomic mass is 16.5. The van der Waals surface area contributed by atoms with Crippen molar-refractivity contribution in [3.05, 3.63) is 18.1 Å². The monoisotopic (exact) mass is 236 g/mol. The van der Waals surface area contributed by atoms with Gasteiger partial charge in [0.1, 0.15) is 5.82 Å². The molecule has 1 aliphatic rings. The zero-order valence-corrected chi connectivity index (χ0v) is 10.5. The quantitative estimate of drug-likeness (QED) is 0.838. The Kier molecular flexibility index (Phi) is 4.28. The second-order valence-electron chi connectivity index (χ2n) is 4.26. The molecular formula is C12H20N4O. The van der Waals surface area contributed by atoms with Crippen LogP contribution >= 0.6 is 0 Å². The molecule has 1 aromatic rings. The maximum absolute atomic E-state index is 5.41. The third kappa shape index (κ3) is 3.14. The lowest BCUT2D eigenvalue weighted by Crippen LogP contribution is -2.44. The SMILES string of the molecule is CCNCc1cnc(N2CCOCC2C)cn1. The van der Waals surface area contributed by atoms with E-state index in [0.29, 0.717) is 6.04 Å². The summed E-state index contributed by atoms with van der Waals surface area (Å²) in [6.45, 7) is 8.38. The van der Waals surface area contributed by atoms with Crippen LogP contribution < -0.4 is 10.2 Å². The minimum atomic E-state index is 0.373. The van der Waals surface area contributed by atoms with E-state index in [4.69, 9.17) is 4.74 Å². The van der Waals surface area contributed by atoms with Crippen molar-refractivity contribution in [2.45, 2.75) is 26.4 Å². The minimum absolute atomic E-state index is 0.373. The van der Waals surface area contributed by atoms with Gasteiger partial charge in [-0.1, -0.05) is 6.92 Å². The van der Waals surface area contributed by atoms with Crippen molar-refractivity contribution in [2.75, 3.05) is 31.2 Å². The first-order valence-electron chi connectivity index (χ1n) is 6.17. The van der Waals surface area contributed by atoms with Gasteiger partial charge in [0.25, 0.3) is 0 Å². The van der Waals surface area contributed by atoms with Gasteiger partial charge in [-0.3, -0.25) is 4.98 Å². The van der Waals surface area contributed by atoms with Gasteiger partial charge in [-0.05, 0) is 13.5 Å². The topological polar surface area (TPSA) is 50.3 Å². The molecule has 0 bridgehead atoms. The highest BCUT2D eigenvalue weighted by Crippen LogP contribution is 2.15. The number of morpholine rings is 1. The molecule has 1 saturated heterocycles. The van der Waals surface area contributed by atoms with Crippen molar-refractivity contribution in [2.24, 2.45) is 0 Å². The summed E-state index contributed by atoms with van der Waals surface area (Å²) in [5.41, 5.74) is 0.983. The smallest absolute Gasteiger partial charge is 0.147 e. The van der Waals surface area contributed by atoms with Gasteiger partial charge < -0.3 is 15.0 Å². The average molecular weight is 236 g/mol. The lowest BCUT2D eigenvalue weighted by Gasteiger charge is -2.33. The molecule has 1 aliphatic heterocycles. The van der Waals surface area contributed by atoms with Gasteiger partial charge in [0.15, 0.2) is 0 Å². The number of aromatic nitrogens is 2. The van der Waals surface area contributed by atoms with Crippen LogP contribution in [0.25, 0.3) is 0 Å². The molecular weight excluding hydrogens is 216 g/mol. The molecule has 1 fully saturated rings. The van der Waals surface area contributed by atoms with Crippen molar-refractivity contribution in [3.63, 3.8) is 0 Å². The van der Waals surface area contributed by atoms with Gasteiger partial charge in [-0.2, -0.15) is 0 Å². The van der Waals surface area contributed by atoms with E-state index in [1.807, 2.05) is 12.4 Å². The molecule has 5 nitrogen and oxygen atoms in total. The molecule has 0 aromatic carbocycles. The van der Waals surface area contributed by atoms with Gasteiger partial charge in [0.2, 0.25) is 0 Å². The van der Waals surface area contributed by atoms with Gasteiger partial charge in [-0.25, -0.2) is 4.98 Å². The third-order valence-electron chi connectivity index (χ3n) is 2.91. The number of rotatable bonds is 4. The van der Waals surface area contributed by atoms with E-state index < -0.39 is 0 Å². The van der Waals surface area contributed by atoms with E-state index in [2.05, 4.69) is 34.0 Å². The molecule has 5 heteroatoms. The predicted molar refractivity (Wildman–Crippen MR) is 67.0 cm³/mol. The number of hydrogen-bond acceptors (Lipinski definition) is 5. The Morgan fingerprint density at radius 1 is 1.47 bits per heavy atom. The summed E-state index contributed by atoms with van der Waals surface area (Å²) in [5.74, 6) is 0.945.